The van der Waals surface area contributed by atoms with Gasteiger partial charge in [0.2, 0.25) is 10.0 Å². The normalized spacial score (nSPS) is 20.0. The summed E-state index contributed by atoms with van der Waals surface area (Å²) in [7, 11) is -3.62. The van der Waals surface area contributed by atoms with Gasteiger partial charge in [-0.2, -0.15) is 0 Å². The molecule has 0 radical (unpaired) electrons. The molecular weight excluding hydrogens is 356 g/mol. The quantitative estimate of drug-likeness (QED) is 0.836. The molecule has 144 valence electrons. The van der Waals surface area contributed by atoms with E-state index in [1.807, 2.05) is 0 Å². The summed E-state index contributed by atoms with van der Waals surface area (Å²) < 4.78 is 38.3. The van der Waals surface area contributed by atoms with Crippen molar-refractivity contribution in [3.05, 3.63) is 29.8 Å². The SMILES string of the molecule is CC(C)NS(=O)(=O)c1cccc(C(=O)N2CCC(C3OCCO3)CC2)c1. The zero-order chi connectivity index (χ0) is 18.7. The van der Waals surface area contributed by atoms with Crippen LogP contribution in [0.5, 0.6) is 0 Å². The van der Waals surface area contributed by atoms with Crippen LogP contribution in [-0.4, -0.2) is 57.9 Å². The van der Waals surface area contributed by atoms with Crippen LogP contribution in [0.15, 0.2) is 29.2 Å². The van der Waals surface area contributed by atoms with E-state index < -0.39 is 10.0 Å². The molecule has 0 atom stereocenters. The number of rotatable bonds is 5. The Morgan fingerprint density at radius 1 is 1.19 bits per heavy atom. The summed E-state index contributed by atoms with van der Waals surface area (Å²) in [6.07, 6.45) is 1.50. The number of hydrogen-bond donors (Lipinski definition) is 1. The predicted molar refractivity (Wildman–Crippen MR) is 96.2 cm³/mol. The molecule has 0 bridgehead atoms. The maximum absolute atomic E-state index is 12.8. The van der Waals surface area contributed by atoms with Crippen molar-refractivity contribution in [1.82, 2.24) is 9.62 Å². The van der Waals surface area contributed by atoms with Crippen LogP contribution in [0.1, 0.15) is 37.0 Å². The molecule has 2 aliphatic rings. The average Bonchev–Trinajstić information content (AvgIpc) is 3.15. The first-order valence-corrected chi connectivity index (χ1v) is 10.5. The zero-order valence-corrected chi connectivity index (χ0v) is 16.0. The van der Waals surface area contributed by atoms with Gasteiger partial charge in [-0.15, -0.1) is 0 Å². The molecule has 0 aromatic heterocycles. The van der Waals surface area contributed by atoms with E-state index in [1.54, 1.807) is 30.9 Å². The predicted octanol–water partition coefficient (Wildman–Crippen LogP) is 1.60. The Hall–Kier alpha value is -1.48. The van der Waals surface area contributed by atoms with Gasteiger partial charge in [0, 0.05) is 30.6 Å². The number of nitrogens with zero attached hydrogens (tertiary/aromatic N) is 1. The molecule has 2 fully saturated rings. The van der Waals surface area contributed by atoms with Crippen LogP contribution >= 0.6 is 0 Å². The summed E-state index contributed by atoms with van der Waals surface area (Å²) in [6, 6.07) is 6.00. The third kappa shape index (κ3) is 4.43. The molecule has 0 saturated carbocycles. The summed E-state index contributed by atoms with van der Waals surface area (Å²) in [5.74, 6) is 0.168. The highest BCUT2D eigenvalue weighted by Crippen LogP contribution is 2.26. The third-order valence-corrected chi connectivity index (χ3v) is 6.30. The molecule has 1 aromatic rings. The topological polar surface area (TPSA) is 84.9 Å². The molecule has 1 aromatic carbocycles. The third-order valence-electron chi connectivity index (χ3n) is 4.64. The fourth-order valence-corrected chi connectivity index (χ4v) is 4.68. The second kappa shape index (κ2) is 8.04. The first-order chi connectivity index (χ1) is 12.4. The Labute approximate surface area is 154 Å². The van der Waals surface area contributed by atoms with Crippen LogP contribution in [-0.2, 0) is 19.5 Å². The van der Waals surface area contributed by atoms with Crippen molar-refractivity contribution in [2.24, 2.45) is 5.92 Å². The Balaban J connectivity index is 1.66. The van der Waals surface area contributed by atoms with Crippen LogP contribution in [0.4, 0.5) is 0 Å². The summed E-state index contributed by atoms with van der Waals surface area (Å²) in [6.45, 7) is 6.02. The summed E-state index contributed by atoms with van der Waals surface area (Å²) in [5.41, 5.74) is 0.392. The molecule has 0 spiro atoms. The summed E-state index contributed by atoms with van der Waals surface area (Å²) in [5, 5.41) is 0. The van der Waals surface area contributed by atoms with E-state index in [1.165, 1.54) is 12.1 Å². The fourth-order valence-electron chi connectivity index (χ4n) is 3.38. The first kappa shape index (κ1) is 19.3. The Morgan fingerprint density at radius 2 is 1.85 bits per heavy atom. The maximum atomic E-state index is 12.8. The van der Waals surface area contributed by atoms with Crippen LogP contribution in [0.25, 0.3) is 0 Å². The van der Waals surface area contributed by atoms with Gasteiger partial charge < -0.3 is 14.4 Å². The number of nitrogens with one attached hydrogen (secondary N) is 1. The van der Waals surface area contributed by atoms with Gasteiger partial charge >= 0.3 is 0 Å². The number of benzene rings is 1. The lowest BCUT2D eigenvalue weighted by molar-refractivity contribution is -0.0956. The van der Waals surface area contributed by atoms with Crippen molar-refractivity contribution >= 4 is 15.9 Å². The second-order valence-electron chi connectivity index (χ2n) is 7.04. The van der Waals surface area contributed by atoms with Gasteiger partial charge in [0.15, 0.2) is 6.29 Å². The first-order valence-electron chi connectivity index (χ1n) is 9.02. The van der Waals surface area contributed by atoms with E-state index in [9.17, 15) is 13.2 Å². The molecule has 2 aliphatic heterocycles. The van der Waals surface area contributed by atoms with E-state index in [0.29, 0.717) is 37.8 Å². The number of sulfonamides is 1. The smallest absolute Gasteiger partial charge is 0.253 e. The van der Waals surface area contributed by atoms with Crippen LogP contribution in [0.3, 0.4) is 0 Å². The number of likely N-dealkylation sites (tertiary alicyclic amines) is 1. The highest BCUT2D eigenvalue weighted by Gasteiger charge is 2.32. The minimum absolute atomic E-state index is 0.111. The van der Waals surface area contributed by atoms with Gasteiger partial charge in [0.05, 0.1) is 18.1 Å². The minimum Gasteiger partial charge on any atom is -0.350 e. The van der Waals surface area contributed by atoms with Crippen molar-refractivity contribution in [2.45, 2.75) is 43.9 Å². The highest BCUT2D eigenvalue weighted by atomic mass is 32.2. The number of amides is 1. The van der Waals surface area contributed by atoms with E-state index in [-0.39, 0.29) is 23.1 Å². The van der Waals surface area contributed by atoms with Crippen molar-refractivity contribution in [2.75, 3.05) is 26.3 Å². The van der Waals surface area contributed by atoms with Crippen LogP contribution < -0.4 is 4.72 Å². The monoisotopic (exact) mass is 382 g/mol. The lowest BCUT2D eigenvalue weighted by Crippen LogP contribution is -2.41. The van der Waals surface area contributed by atoms with Crippen LogP contribution in [0.2, 0.25) is 0 Å². The molecule has 8 heteroatoms. The lowest BCUT2D eigenvalue weighted by atomic mass is 9.95. The molecule has 26 heavy (non-hydrogen) atoms. The molecule has 1 amide bonds. The van der Waals surface area contributed by atoms with E-state index in [2.05, 4.69) is 4.72 Å². The van der Waals surface area contributed by atoms with Gasteiger partial charge in [-0.05, 0) is 44.9 Å². The lowest BCUT2D eigenvalue weighted by Gasteiger charge is -2.34. The maximum Gasteiger partial charge on any atom is 0.253 e. The van der Waals surface area contributed by atoms with Crippen molar-refractivity contribution in [3.8, 4) is 0 Å². The largest absolute Gasteiger partial charge is 0.350 e. The van der Waals surface area contributed by atoms with Gasteiger partial charge in [0.1, 0.15) is 0 Å². The van der Waals surface area contributed by atoms with Gasteiger partial charge in [-0.3, -0.25) is 4.79 Å². The average molecular weight is 382 g/mol. The number of hydrogen-bond acceptors (Lipinski definition) is 5. The second-order valence-corrected chi connectivity index (χ2v) is 8.76. The van der Waals surface area contributed by atoms with E-state index in [0.717, 1.165) is 12.8 Å². The number of piperidine rings is 1. The molecule has 0 unspecified atom stereocenters. The number of carbonyl (C=O) groups excluding carboxylic acids is 1. The standard InChI is InChI=1S/C18H26N2O5S/c1-13(2)19-26(22,23)16-5-3-4-15(12-16)17(21)20-8-6-14(7-9-20)18-24-10-11-25-18/h3-5,12-14,18-19H,6-11H2,1-2H3. The molecule has 2 heterocycles. The minimum atomic E-state index is -3.62. The molecular formula is C18H26N2O5S. The van der Waals surface area contributed by atoms with Crippen molar-refractivity contribution in [1.29, 1.82) is 0 Å². The van der Waals surface area contributed by atoms with E-state index >= 15 is 0 Å². The molecule has 7 nitrogen and oxygen atoms in total. The zero-order valence-electron chi connectivity index (χ0n) is 15.2. The number of carbonyl (C=O) groups is 1. The summed E-state index contributed by atoms with van der Waals surface area (Å²) >= 11 is 0. The molecule has 2 saturated heterocycles. The number of ether oxygens (including phenoxy) is 2. The van der Waals surface area contributed by atoms with Crippen LogP contribution in [0, 0.1) is 5.92 Å². The Bertz CT molecular complexity index is 736. The Kier molecular flexibility index (Phi) is 5.96. The van der Waals surface area contributed by atoms with E-state index in [4.69, 9.17) is 9.47 Å². The van der Waals surface area contributed by atoms with Gasteiger partial charge in [0.25, 0.3) is 5.91 Å². The van der Waals surface area contributed by atoms with Gasteiger partial charge in [-0.25, -0.2) is 13.1 Å². The summed E-state index contributed by atoms with van der Waals surface area (Å²) in [4.78, 5) is 14.7. The Morgan fingerprint density at radius 3 is 2.46 bits per heavy atom. The molecule has 0 aliphatic carbocycles. The highest BCUT2D eigenvalue weighted by molar-refractivity contribution is 7.89. The molecule has 1 N–H and O–H groups in total. The van der Waals surface area contributed by atoms with Crippen molar-refractivity contribution in [3.63, 3.8) is 0 Å². The van der Waals surface area contributed by atoms with Crippen molar-refractivity contribution < 1.29 is 22.7 Å². The fraction of sp³-hybridized carbons (Fsp3) is 0.611. The van der Waals surface area contributed by atoms with Gasteiger partial charge in [-0.1, -0.05) is 6.07 Å². The molecule has 3 rings (SSSR count).